The number of nitrogens with one attached hydrogen (secondary N) is 1. The standard InChI is InChI=1S/C15H23N3O/c1-10-5-7-11(8-6-10)9-18-13-4-2-3-12(14(13)16)15(17)19/h2-4,10-11,18H,5-9,16H2,1H3,(H2,17,19). The molecular formula is C15H23N3O. The number of anilines is 2. The summed E-state index contributed by atoms with van der Waals surface area (Å²) in [6.07, 6.45) is 5.15. The Morgan fingerprint density at radius 2 is 2.00 bits per heavy atom. The summed E-state index contributed by atoms with van der Waals surface area (Å²) < 4.78 is 0. The molecule has 0 saturated heterocycles. The number of carbonyl (C=O) groups excluding carboxylic acids is 1. The molecule has 0 aromatic heterocycles. The lowest BCUT2D eigenvalue weighted by atomic mass is 9.83. The largest absolute Gasteiger partial charge is 0.396 e. The first-order chi connectivity index (χ1) is 9.08. The van der Waals surface area contributed by atoms with Crippen LogP contribution in [0, 0.1) is 11.8 Å². The summed E-state index contributed by atoms with van der Waals surface area (Å²) in [5.41, 5.74) is 12.9. The SMILES string of the molecule is CC1CCC(CNc2cccc(C(N)=O)c2N)CC1. The van der Waals surface area contributed by atoms with Gasteiger partial charge >= 0.3 is 0 Å². The Hall–Kier alpha value is -1.71. The molecule has 1 aliphatic carbocycles. The minimum atomic E-state index is -0.479. The molecule has 2 rings (SSSR count). The van der Waals surface area contributed by atoms with Gasteiger partial charge in [-0.1, -0.05) is 25.8 Å². The van der Waals surface area contributed by atoms with Crippen molar-refractivity contribution in [3.8, 4) is 0 Å². The Balaban J connectivity index is 1.96. The third-order valence-electron chi connectivity index (χ3n) is 4.09. The van der Waals surface area contributed by atoms with Crippen LogP contribution in [0.1, 0.15) is 43.0 Å². The number of rotatable bonds is 4. The van der Waals surface area contributed by atoms with Gasteiger partial charge < -0.3 is 16.8 Å². The molecule has 1 saturated carbocycles. The highest BCUT2D eigenvalue weighted by molar-refractivity contribution is 6.00. The summed E-state index contributed by atoms with van der Waals surface area (Å²) in [6, 6.07) is 5.36. The fourth-order valence-electron chi connectivity index (χ4n) is 2.72. The number of para-hydroxylation sites is 1. The molecular weight excluding hydrogens is 238 g/mol. The fraction of sp³-hybridized carbons (Fsp3) is 0.533. The molecule has 0 spiro atoms. The molecule has 1 fully saturated rings. The Morgan fingerprint density at radius 1 is 1.32 bits per heavy atom. The predicted molar refractivity (Wildman–Crippen MR) is 79.0 cm³/mol. The van der Waals surface area contributed by atoms with Crippen molar-refractivity contribution in [3.05, 3.63) is 23.8 Å². The first-order valence-corrected chi connectivity index (χ1v) is 7.00. The number of hydrogen-bond acceptors (Lipinski definition) is 3. The second-order valence-electron chi connectivity index (χ2n) is 5.64. The van der Waals surface area contributed by atoms with Crippen molar-refractivity contribution in [1.29, 1.82) is 0 Å². The van der Waals surface area contributed by atoms with Gasteiger partial charge in [-0.2, -0.15) is 0 Å². The quantitative estimate of drug-likeness (QED) is 0.729. The molecule has 0 aliphatic heterocycles. The maximum absolute atomic E-state index is 11.2. The zero-order valence-electron chi connectivity index (χ0n) is 11.5. The smallest absolute Gasteiger partial charge is 0.250 e. The van der Waals surface area contributed by atoms with Gasteiger partial charge in [0.15, 0.2) is 0 Å². The highest BCUT2D eigenvalue weighted by Gasteiger charge is 2.18. The number of hydrogen-bond donors (Lipinski definition) is 3. The van der Waals surface area contributed by atoms with Crippen LogP contribution in [-0.2, 0) is 0 Å². The van der Waals surface area contributed by atoms with E-state index in [0.29, 0.717) is 17.2 Å². The zero-order valence-corrected chi connectivity index (χ0v) is 11.5. The van der Waals surface area contributed by atoms with Crippen molar-refractivity contribution in [2.24, 2.45) is 17.6 Å². The van der Waals surface area contributed by atoms with Crippen LogP contribution in [0.4, 0.5) is 11.4 Å². The summed E-state index contributed by atoms with van der Waals surface area (Å²) in [4.78, 5) is 11.2. The molecule has 104 valence electrons. The third kappa shape index (κ3) is 3.40. The van der Waals surface area contributed by atoms with Gasteiger partial charge in [-0.25, -0.2) is 0 Å². The van der Waals surface area contributed by atoms with Gasteiger partial charge in [0.1, 0.15) is 0 Å². The lowest BCUT2D eigenvalue weighted by Gasteiger charge is -2.26. The zero-order chi connectivity index (χ0) is 13.8. The highest BCUT2D eigenvalue weighted by atomic mass is 16.1. The summed E-state index contributed by atoms with van der Waals surface area (Å²) >= 11 is 0. The van der Waals surface area contributed by atoms with E-state index in [2.05, 4.69) is 12.2 Å². The minimum Gasteiger partial charge on any atom is -0.396 e. The summed E-state index contributed by atoms with van der Waals surface area (Å²) in [5.74, 6) is 1.08. The predicted octanol–water partition coefficient (Wildman–Crippen LogP) is 2.61. The van der Waals surface area contributed by atoms with Crippen LogP contribution in [-0.4, -0.2) is 12.5 Å². The first-order valence-electron chi connectivity index (χ1n) is 7.00. The maximum Gasteiger partial charge on any atom is 0.250 e. The van der Waals surface area contributed by atoms with E-state index in [0.717, 1.165) is 18.2 Å². The van der Waals surface area contributed by atoms with Crippen LogP contribution >= 0.6 is 0 Å². The number of primary amides is 1. The molecule has 19 heavy (non-hydrogen) atoms. The van der Waals surface area contributed by atoms with Crippen molar-refractivity contribution in [1.82, 2.24) is 0 Å². The normalized spacial score (nSPS) is 23.0. The van der Waals surface area contributed by atoms with Gasteiger partial charge in [-0.3, -0.25) is 4.79 Å². The summed E-state index contributed by atoms with van der Waals surface area (Å²) in [7, 11) is 0. The number of benzene rings is 1. The van der Waals surface area contributed by atoms with E-state index in [4.69, 9.17) is 11.5 Å². The van der Waals surface area contributed by atoms with Crippen molar-refractivity contribution in [2.75, 3.05) is 17.6 Å². The number of carbonyl (C=O) groups is 1. The molecule has 1 amide bonds. The van der Waals surface area contributed by atoms with E-state index in [-0.39, 0.29) is 0 Å². The van der Waals surface area contributed by atoms with Gasteiger partial charge in [-0.05, 0) is 36.8 Å². The topological polar surface area (TPSA) is 81.1 Å². The van der Waals surface area contributed by atoms with Crippen LogP contribution in [0.5, 0.6) is 0 Å². The number of nitrogen functional groups attached to an aromatic ring is 1. The van der Waals surface area contributed by atoms with Crippen LogP contribution < -0.4 is 16.8 Å². The molecule has 0 heterocycles. The number of nitrogens with two attached hydrogens (primary N) is 2. The van der Waals surface area contributed by atoms with Gasteiger partial charge in [0, 0.05) is 6.54 Å². The monoisotopic (exact) mass is 261 g/mol. The van der Waals surface area contributed by atoms with Crippen LogP contribution in [0.3, 0.4) is 0 Å². The van der Waals surface area contributed by atoms with Crippen molar-refractivity contribution in [2.45, 2.75) is 32.6 Å². The maximum atomic E-state index is 11.2. The van der Waals surface area contributed by atoms with E-state index < -0.39 is 5.91 Å². The highest BCUT2D eigenvalue weighted by Crippen LogP contribution is 2.29. The summed E-state index contributed by atoms with van der Waals surface area (Å²) in [5, 5.41) is 3.36. The number of amides is 1. The Bertz CT molecular complexity index is 451. The molecule has 1 aromatic rings. The fourth-order valence-corrected chi connectivity index (χ4v) is 2.72. The van der Waals surface area contributed by atoms with E-state index in [1.54, 1.807) is 6.07 Å². The molecule has 0 radical (unpaired) electrons. The Labute approximate surface area is 114 Å². The molecule has 4 nitrogen and oxygen atoms in total. The molecule has 4 heteroatoms. The van der Waals surface area contributed by atoms with Crippen molar-refractivity contribution < 1.29 is 4.79 Å². The second kappa shape index (κ2) is 5.95. The lowest BCUT2D eigenvalue weighted by molar-refractivity contribution is 0.100. The van der Waals surface area contributed by atoms with Crippen LogP contribution in [0.15, 0.2) is 18.2 Å². The van der Waals surface area contributed by atoms with Gasteiger partial charge in [-0.15, -0.1) is 0 Å². The Kier molecular flexibility index (Phi) is 4.30. The third-order valence-corrected chi connectivity index (χ3v) is 4.09. The van der Waals surface area contributed by atoms with E-state index in [9.17, 15) is 4.79 Å². The van der Waals surface area contributed by atoms with E-state index in [1.165, 1.54) is 25.7 Å². The van der Waals surface area contributed by atoms with E-state index in [1.807, 2.05) is 12.1 Å². The lowest BCUT2D eigenvalue weighted by Crippen LogP contribution is -2.21. The average Bonchev–Trinajstić information content (AvgIpc) is 2.39. The molecule has 5 N–H and O–H groups in total. The minimum absolute atomic E-state index is 0.391. The van der Waals surface area contributed by atoms with Crippen LogP contribution in [0.25, 0.3) is 0 Å². The molecule has 0 atom stereocenters. The van der Waals surface area contributed by atoms with E-state index >= 15 is 0 Å². The van der Waals surface area contributed by atoms with Gasteiger partial charge in [0.05, 0.1) is 16.9 Å². The molecule has 0 unspecified atom stereocenters. The van der Waals surface area contributed by atoms with Gasteiger partial charge in [0.2, 0.25) is 0 Å². The van der Waals surface area contributed by atoms with Gasteiger partial charge in [0.25, 0.3) is 5.91 Å². The molecule has 1 aromatic carbocycles. The summed E-state index contributed by atoms with van der Waals surface area (Å²) in [6.45, 7) is 3.23. The second-order valence-corrected chi connectivity index (χ2v) is 5.64. The average molecular weight is 261 g/mol. The van der Waals surface area contributed by atoms with Crippen molar-refractivity contribution >= 4 is 17.3 Å². The van der Waals surface area contributed by atoms with Crippen LogP contribution in [0.2, 0.25) is 0 Å². The molecule has 1 aliphatic rings. The Morgan fingerprint density at radius 3 is 2.63 bits per heavy atom. The van der Waals surface area contributed by atoms with Crippen molar-refractivity contribution in [3.63, 3.8) is 0 Å². The molecule has 0 bridgehead atoms. The first kappa shape index (κ1) is 13.7.